The maximum absolute atomic E-state index is 5.62. The molecule has 0 radical (unpaired) electrons. The number of halogens is 4. The van der Waals surface area contributed by atoms with Gasteiger partial charge in [0.2, 0.25) is 0 Å². The third-order valence-corrected chi connectivity index (χ3v) is 2.30. The molecule has 1 aromatic rings. The quantitative estimate of drug-likeness (QED) is 0.695. The Kier molecular flexibility index (Phi) is 5.55. The average Bonchev–Trinajstić information content (AvgIpc) is 2.17. The molecule has 0 aromatic heterocycles. The first-order valence-corrected chi connectivity index (χ1v) is 5.71. The van der Waals surface area contributed by atoms with Gasteiger partial charge in [0.1, 0.15) is 8.98 Å². The average molecular weight is 282 g/mol. The molecule has 0 aliphatic carbocycles. The summed E-state index contributed by atoms with van der Waals surface area (Å²) in [6.07, 6.45) is 3.34. The fourth-order valence-corrected chi connectivity index (χ4v) is 1.73. The van der Waals surface area contributed by atoms with Crippen LogP contribution in [0, 0.1) is 0 Å². The van der Waals surface area contributed by atoms with E-state index in [0.29, 0.717) is 0 Å². The van der Waals surface area contributed by atoms with Crippen LogP contribution in [0.4, 0.5) is 0 Å². The molecule has 0 aliphatic heterocycles. The molecule has 80 valence electrons. The number of benzene rings is 1. The van der Waals surface area contributed by atoms with E-state index in [2.05, 4.69) is 0 Å². The van der Waals surface area contributed by atoms with Crippen molar-refractivity contribution in [1.29, 1.82) is 0 Å². The fourth-order valence-electron chi connectivity index (χ4n) is 1.19. The lowest BCUT2D eigenvalue weighted by atomic mass is 10.00. The van der Waals surface area contributed by atoms with E-state index in [9.17, 15) is 0 Å². The van der Waals surface area contributed by atoms with Crippen molar-refractivity contribution in [2.24, 2.45) is 0 Å². The van der Waals surface area contributed by atoms with Gasteiger partial charge in [0.15, 0.2) is 0 Å². The number of rotatable bonds is 3. The van der Waals surface area contributed by atoms with Crippen molar-refractivity contribution in [3.63, 3.8) is 0 Å². The first-order valence-electron chi connectivity index (χ1n) is 4.20. The van der Waals surface area contributed by atoms with E-state index in [4.69, 9.17) is 46.4 Å². The molecule has 4 heteroatoms. The van der Waals surface area contributed by atoms with E-state index in [1.165, 1.54) is 0 Å². The number of hydrogen-bond acceptors (Lipinski definition) is 0. The van der Waals surface area contributed by atoms with Gasteiger partial charge in [-0.2, -0.15) is 0 Å². The summed E-state index contributed by atoms with van der Waals surface area (Å²) in [4.78, 5) is 0. The van der Waals surface area contributed by atoms with Gasteiger partial charge in [-0.1, -0.05) is 76.7 Å². The molecule has 0 saturated heterocycles. The highest BCUT2D eigenvalue weighted by Gasteiger charge is 2.06. The zero-order valence-electron chi connectivity index (χ0n) is 7.63. The maximum atomic E-state index is 5.62. The van der Waals surface area contributed by atoms with Crippen molar-refractivity contribution < 1.29 is 0 Å². The lowest BCUT2D eigenvalue weighted by molar-refractivity contribution is 1.08. The summed E-state index contributed by atoms with van der Waals surface area (Å²) in [5, 5.41) is 0. The van der Waals surface area contributed by atoms with Gasteiger partial charge in [-0.25, -0.2) is 0 Å². The van der Waals surface area contributed by atoms with Crippen LogP contribution in [0.3, 0.4) is 0 Å². The van der Waals surface area contributed by atoms with Gasteiger partial charge < -0.3 is 0 Å². The van der Waals surface area contributed by atoms with E-state index in [1.54, 1.807) is 12.2 Å². The monoisotopic (exact) mass is 280 g/mol. The molecular formula is C11H8Cl4. The second-order valence-electron chi connectivity index (χ2n) is 2.85. The third-order valence-electron chi connectivity index (χ3n) is 1.80. The molecule has 1 aromatic carbocycles. The minimum Gasteiger partial charge on any atom is -0.0712 e. The minimum atomic E-state index is -0.110. The normalized spacial score (nSPS) is 9.93. The second-order valence-corrected chi connectivity index (χ2v) is 4.86. The van der Waals surface area contributed by atoms with Gasteiger partial charge >= 0.3 is 0 Å². The van der Waals surface area contributed by atoms with Crippen LogP contribution in [0.5, 0.6) is 0 Å². The topological polar surface area (TPSA) is 0 Å². The Balaban J connectivity index is 3.02. The summed E-state index contributed by atoms with van der Waals surface area (Å²) in [6.45, 7) is 0. The summed E-state index contributed by atoms with van der Waals surface area (Å²) in [5.74, 6) is -0.110. The predicted octanol–water partition coefficient (Wildman–Crippen LogP) is 5.41. The van der Waals surface area contributed by atoms with Crippen molar-refractivity contribution >= 4 is 46.4 Å². The maximum Gasteiger partial charge on any atom is 0.103 e. The van der Waals surface area contributed by atoms with Gasteiger partial charge in [0.25, 0.3) is 0 Å². The van der Waals surface area contributed by atoms with Crippen LogP contribution < -0.4 is 0 Å². The lowest BCUT2D eigenvalue weighted by Crippen LogP contribution is -1.90. The van der Waals surface area contributed by atoms with Crippen LogP contribution in [0.25, 0.3) is 0 Å². The van der Waals surface area contributed by atoms with Crippen LogP contribution in [-0.4, -0.2) is 0 Å². The van der Waals surface area contributed by atoms with Crippen molar-refractivity contribution in [2.75, 3.05) is 0 Å². The van der Waals surface area contributed by atoms with Crippen molar-refractivity contribution in [3.8, 4) is 0 Å². The van der Waals surface area contributed by atoms with E-state index in [0.717, 1.165) is 5.56 Å². The van der Waals surface area contributed by atoms with Crippen LogP contribution in [-0.2, 0) is 0 Å². The Morgan fingerprint density at radius 2 is 1.33 bits per heavy atom. The van der Waals surface area contributed by atoms with Gasteiger partial charge in [0, 0.05) is 5.92 Å². The molecule has 0 fully saturated rings. The number of allylic oxidation sites excluding steroid dienone is 2. The van der Waals surface area contributed by atoms with Gasteiger partial charge in [-0.05, 0) is 17.7 Å². The smallest absolute Gasteiger partial charge is 0.0712 e. The van der Waals surface area contributed by atoms with E-state index < -0.39 is 0 Å². The zero-order chi connectivity index (χ0) is 11.3. The van der Waals surface area contributed by atoms with E-state index in [1.807, 2.05) is 30.3 Å². The SMILES string of the molecule is ClC(Cl)=CC(C=C(Cl)Cl)c1ccccc1. The third kappa shape index (κ3) is 4.94. The Bertz CT molecular complexity index is 341. The molecule has 0 bridgehead atoms. The summed E-state index contributed by atoms with van der Waals surface area (Å²) in [6, 6.07) is 9.68. The first-order chi connectivity index (χ1) is 7.09. The standard InChI is InChI=1S/C11H8Cl4/c12-10(13)6-9(7-11(14)15)8-4-2-1-3-5-8/h1-7,9H. The number of hydrogen-bond donors (Lipinski definition) is 0. The predicted molar refractivity (Wildman–Crippen MR) is 68.8 cm³/mol. The van der Waals surface area contributed by atoms with E-state index in [-0.39, 0.29) is 14.9 Å². The molecule has 0 nitrogen and oxygen atoms in total. The summed E-state index contributed by atoms with van der Waals surface area (Å²) in [7, 11) is 0. The zero-order valence-corrected chi connectivity index (χ0v) is 10.7. The van der Waals surface area contributed by atoms with Crippen LogP contribution in [0.1, 0.15) is 11.5 Å². The molecule has 15 heavy (non-hydrogen) atoms. The van der Waals surface area contributed by atoms with Crippen molar-refractivity contribution in [1.82, 2.24) is 0 Å². The van der Waals surface area contributed by atoms with Gasteiger partial charge in [-0.3, -0.25) is 0 Å². The van der Waals surface area contributed by atoms with Crippen LogP contribution >= 0.6 is 46.4 Å². The Hall–Kier alpha value is -0.140. The Labute approximate surface area is 109 Å². The highest BCUT2D eigenvalue weighted by atomic mass is 35.5. The summed E-state index contributed by atoms with van der Waals surface area (Å²) in [5.41, 5.74) is 1.02. The molecule has 0 spiro atoms. The van der Waals surface area contributed by atoms with E-state index >= 15 is 0 Å². The van der Waals surface area contributed by atoms with Crippen molar-refractivity contribution in [3.05, 3.63) is 57.0 Å². The highest BCUT2D eigenvalue weighted by molar-refractivity contribution is 6.56. The molecule has 0 atom stereocenters. The van der Waals surface area contributed by atoms with Gasteiger partial charge in [-0.15, -0.1) is 0 Å². The molecule has 0 unspecified atom stereocenters. The molecular weight excluding hydrogens is 274 g/mol. The lowest BCUT2D eigenvalue weighted by Gasteiger charge is -2.07. The molecule has 0 N–H and O–H groups in total. The second kappa shape index (κ2) is 6.44. The minimum absolute atomic E-state index is 0.110. The highest BCUT2D eigenvalue weighted by Crippen LogP contribution is 2.26. The molecule has 0 saturated carbocycles. The van der Waals surface area contributed by atoms with Crippen molar-refractivity contribution in [2.45, 2.75) is 5.92 Å². The Morgan fingerprint density at radius 1 is 0.867 bits per heavy atom. The summed E-state index contributed by atoms with van der Waals surface area (Å²) >= 11 is 22.5. The molecule has 0 amide bonds. The van der Waals surface area contributed by atoms with Crippen LogP contribution in [0.15, 0.2) is 51.5 Å². The van der Waals surface area contributed by atoms with Crippen LogP contribution in [0.2, 0.25) is 0 Å². The Morgan fingerprint density at radius 3 is 1.73 bits per heavy atom. The largest absolute Gasteiger partial charge is 0.103 e. The first kappa shape index (κ1) is 12.9. The molecule has 0 aliphatic rings. The molecule has 0 heterocycles. The van der Waals surface area contributed by atoms with Gasteiger partial charge in [0.05, 0.1) is 0 Å². The molecule has 1 rings (SSSR count). The summed E-state index contributed by atoms with van der Waals surface area (Å²) < 4.78 is 0.379. The fraction of sp³-hybridized carbons (Fsp3) is 0.0909.